The lowest BCUT2D eigenvalue weighted by molar-refractivity contribution is 0.208. The molecule has 3 nitrogen and oxygen atoms in total. The van der Waals surface area contributed by atoms with Crippen LogP contribution < -0.4 is 5.32 Å². The van der Waals surface area contributed by atoms with Crippen molar-refractivity contribution in [3.8, 4) is 0 Å². The van der Waals surface area contributed by atoms with Gasteiger partial charge in [0.15, 0.2) is 0 Å². The number of rotatable bonds is 7. The summed E-state index contributed by atoms with van der Waals surface area (Å²) in [5, 5.41) is 3.43. The molecule has 0 fully saturated rings. The van der Waals surface area contributed by atoms with E-state index in [0.29, 0.717) is 11.3 Å². The second kappa shape index (κ2) is 7.11. The number of hydrogen-bond acceptors (Lipinski definition) is 3. The van der Waals surface area contributed by atoms with Crippen LogP contribution in [-0.4, -0.2) is 25.0 Å². The van der Waals surface area contributed by atoms with Gasteiger partial charge < -0.3 is 9.73 Å². The molecule has 0 saturated carbocycles. The van der Waals surface area contributed by atoms with Gasteiger partial charge in [-0.2, -0.15) is 0 Å². The fourth-order valence-corrected chi connectivity index (χ4v) is 2.24. The second-order valence-electron chi connectivity index (χ2n) is 7.18. The van der Waals surface area contributed by atoms with Gasteiger partial charge in [0.1, 0.15) is 5.76 Å². The van der Waals surface area contributed by atoms with Gasteiger partial charge in [-0.1, -0.05) is 34.6 Å². The quantitative estimate of drug-likeness (QED) is 0.818. The molecule has 0 amide bonds. The summed E-state index contributed by atoms with van der Waals surface area (Å²) < 4.78 is 5.63. The monoisotopic (exact) mass is 266 g/mol. The van der Waals surface area contributed by atoms with Crippen molar-refractivity contribution in [3.63, 3.8) is 0 Å². The van der Waals surface area contributed by atoms with Gasteiger partial charge >= 0.3 is 0 Å². The maximum atomic E-state index is 5.63. The fraction of sp³-hybridized carbons (Fsp3) is 0.750. The van der Waals surface area contributed by atoms with Crippen LogP contribution in [0.3, 0.4) is 0 Å². The topological polar surface area (TPSA) is 28.4 Å². The molecule has 1 aromatic rings. The standard InChI is InChI=1S/C16H30N2O/c1-13(2)8-17-9-14-7-15(19-11-14)10-18(6)12-16(3,4)5/h7,11,13,17H,8-10,12H2,1-6H3. The summed E-state index contributed by atoms with van der Waals surface area (Å²) in [6.07, 6.45) is 1.87. The molecule has 0 atom stereocenters. The van der Waals surface area contributed by atoms with E-state index in [4.69, 9.17) is 4.42 Å². The van der Waals surface area contributed by atoms with Gasteiger partial charge in [-0.05, 0) is 31.0 Å². The van der Waals surface area contributed by atoms with Gasteiger partial charge in [-0.3, -0.25) is 4.90 Å². The zero-order valence-electron chi connectivity index (χ0n) is 13.4. The van der Waals surface area contributed by atoms with E-state index in [1.807, 2.05) is 6.26 Å². The van der Waals surface area contributed by atoms with Crippen molar-refractivity contribution >= 4 is 0 Å². The van der Waals surface area contributed by atoms with Crippen molar-refractivity contribution in [3.05, 3.63) is 23.7 Å². The maximum Gasteiger partial charge on any atom is 0.118 e. The van der Waals surface area contributed by atoms with Gasteiger partial charge in [0.25, 0.3) is 0 Å². The van der Waals surface area contributed by atoms with Gasteiger partial charge in [-0.15, -0.1) is 0 Å². The van der Waals surface area contributed by atoms with E-state index in [9.17, 15) is 0 Å². The Bertz CT molecular complexity index is 363. The Morgan fingerprint density at radius 3 is 2.58 bits per heavy atom. The maximum absolute atomic E-state index is 5.63. The van der Waals surface area contributed by atoms with E-state index in [1.165, 1.54) is 5.56 Å². The molecule has 0 aliphatic rings. The summed E-state index contributed by atoms with van der Waals surface area (Å²) in [6, 6.07) is 2.16. The molecule has 0 radical (unpaired) electrons. The van der Waals surface area contributed by atoms with Crippen LogP contribution in [-0.2, 0) is 13.1 Å². The van der Waals surface area contributed by atoms with Gasteiger partial charge in [0, 0.05) is 18.7 Å². The summed E-state index contributed by atoms with van der Waals surface area (Å²) in [6.45, 7) is 15.1. The Morgan fingerprint density at radius 1 is 1.32 bits per heavy atom. The number of furan rings is 1. The van der Waals surface area contributed by atoms with Gasteiger partial charge in [0.2, 0.25) is 0 Å². The Kier molecular flexibility index (Phi) is 6.08. The smallest absolute Gasteiger partial charge is 0.118 e. The molecule has 3 heteroatoms. The third-order valence-electron chi connectivity index (χ3n) is 2.76. The molecule has 110 valence electrons. The van der Waals surface area contributed by atoms with Crippen LogP contribution in [0.15, 0.2) is 16.7 Å². The summed E-state index contributed by atoms with van der Waals surface area (Å²) >= 11 is 0. The molecule has 0 saturated heterocycles. The molecular formula is C16H30N2O. The van der Waals surface area contributed by atoms with E-state index in [-0.39, 0.29) is 0 Å². The average Bonchev–Trinajstić information content (AvgIpc) is 2.61. The van der Waals surface area contributed by atoms with Crippen LogP contribution in [0.4, 0.5) is 0 Å². The van der Waals surface area contributed by atoms with Crippen LogP contribution in [0.25, 0.3) is 0 Å². The molecule has 0 aliphatic carbocycles. The van der Waals surface area contributed by atoms with Crippen molar-refractivity contribution in [2.24, 2.45) is 11.3 Å². The highest BCUT2D eigenvalue weighted by Gasteiger charge is 2.14. The summed E-state index contributed by atoms with van der Waals surface area (Å²) in [5.74, 6) is 1.73. The summed E-state index contributed by atoms with van der Waals surface area (Å²) in [7, 11) is 2.14. The zero-order chi connectivity index (χ0) is 14.5. The average molecular weight is 266 g/mol. The molecule has 1 aromatic heterocycles. The Labute approximate surface area is 118 Å². The van der Waals surface area contributed by atoms with Crippen LogP contribution in [0.1, 0.15) is 45.9 Å². The fourth-order valence-electron chi connectivity index (χ4n) is 2.24. The molecule has 0 spiro atoms. The molecule has 0 aromatic carbocycles. The number of nitrogens with one attached hydrogen (secondary N) is 1. The Balaban J connectivity index is 2.38. The van der Waals surface area contributed by atoms with Gasteiger partial charge in [-0.25, -0.2) is 0 Å². The lowest BCUT2D eigenvalue weighted by Crippen LogP contribution is -2.28. The van der Waals surface area contributed by atoms with Crippen molar-refractivity contribution < 1.29 is 4.42 Å². The normalized spacial score (nSPS) is 12.6. The molecule has 0 unspecified atom stereocenters. The highest BCUT2D eigenvalue weighted by Crippen LogP contribution is 2.17. The Hall–Kier alpha value is -0.800. The minimum atomic E-state index is 0.322. The van der Waals surface area contributed by atoms with Crippen LogP contribution in [0.2, 0.25) is 0 Å². The minimum absolute atomic E-state index is 0.322. The minimum Gasteiger partial charge on any atom is -0.468 e. The lowest BCUT2D eigenvalue weighted by Gasteiger charge is -2.25. The van der Waals surface area contributed by atoms with E-state index in [1.54, 1.807) is 0 Å². The van der Waals surface area contributed by atoms with Crippen LogP contribution >= 0.6 is 0 Å². The highest BCUT2D eigenvalue weighted by atomic mass is 16.3. The third kappa shape index (κ3) is 7.38. The summed E-state index contributed by atoms with van der Waals surface area (Å²) in [4.78, 5) is 2.31. The number of hydrogen-bond donors (Lipinski definition) is 1. The lowest BCUT2D eigenvalue weighted by atomic mass is 9.96. The highest BCUT2D eigenvalue weighted by molar-refractivity contribution is 5.12. The molecular weight excluding hydrogens is 236 g/mol. The van der Waals surface area contributed by atoms with Crippen molar-refractivity contribution in [2.75, 3.05) is 20.1 Å². The van der Waals surface area contributed by atoms with E-state index < -0.39 is 0 Å². The van der Waals surface area contributed by atoms with E-state index in [2.05, 4.69) is 57.9 Å². The molecule has 1 rings (SSSR count). The molecule has 19 heavy (non-hydrogen) atoms. The first-order valence-electron chi connectivity index (χ1n) is 7.22. The van der Waals surface area contributed by atoms with Gasteiger partial charge in [0.05, 0.1) is 12.8 Å². The SMILES string of the molecule is CC(C)CNCc1coc(CN(C)CC(C)(C)C)c1. The van der Waals surface area contributed by atoms with Crippen molar-refractivity contribution in [1.82, 2.24) is 10.2 Å². The van der Waals surface area contributed by atoms with Crippen molar-refractivity contribution in [1.29, 1.82) is 0 Å². The number of nitrogens with zero attached hydrogens (tertiary/aromatic N) is 1. The van der Waals surface area contributed by atoms with Crippen molar-refractivity contribution in [2.45, 2.75) is 47.7 Å². The van der Waals surface area contributed by atoms with Crippen LogP contribution in [0, 0.1) is 11.3 Å². The predicted molar refractivity (Wildman–Crippen MR) is 81.0 cm³/mol. The third-order valence-corrected chi connectivity index (χ3v) is 2.76. The first kappa shape index (κ1) is 16.3. The summed E-state index contributed by atoms with van der Waals surface area (Å²) in [5.41, 5.74) is 1.56. The first-order valence-corrected chi connectivity index (χ1v) is 7.22. The van der Waals surface area contributed by atoms with E-state index >= 15 is 0 Å². The zero-order valence-corrected chi connectivity index (χ0v) is 13.4. The van der Waals surface area contributed by atoms with Crippen LogP contribution in [0.5, 0.6) is 0 Å². The second-order valence-corrected chi connectivity index (χ2v) is 7.18. The van der Waals surface area contributed by atoms with E-state index in [0.717, 1.165) is 31.9 Å². The first-order chi connectivity index (χ1) is 8.76. The molecule has 1 heterocycles. The largest absolute Gasteiger partial charge is 0.468 e. The molecule has 0 bridgehead atoms. The Morgan fingerprint density at radius 2 is 2.00 bits per heavy atom. The molecule has 1 N–H and O–H groups in total. The predicted octanol–water partition coefficient (Wildman–Crippen LogP) is 3.50. The molecule has 0 aliphatic heterocycles.